The average Bonchev–Trinajstić information content (AvgIpc) is 2.82. The summed E-state index contributed by atoms with van der Waals surface area (Å²) in [4.78, 5) is 35.0. The van der Waals surface area contributed by atoms with Gasteiger partial charge in [0.15, 0.2) is 0 Å². The van der Waals surface area contributed by atoms with Gasteiger partial charge in [0.1, 0.15) is 12.1 Å². The number of benzene rings is 2. The lowest BCUT2D eigenvalue weighted by atomic mass is 10.1. The average molecular weight is 491 g/mol. The fourth-order valence-corrected chi connectivity index (χ4v) is 4.88. The Morgan fingerprint density at radius 3 is 2.15 bits per heavy atom. The number of hydrogen-bond donors (Lipinski definition) is 4. The molecule has 9 heteroatoms. The van der Waals surface area contributed by atoms with Gasteiger partial charge in [0.05, 0.1) is 6.16 Å². The molecule has 0 saturated heterocycles. The summed E-state index contributed by atoms with van der Waals surface area (Å²) in [7, 11) is -4.05. The highest BCUT2D eigenvalue weighted by Crippen LogP contribution is 2.45. The summed E-state index contributed by atoms with van der Waals surface area (Å²) in [5, 5.41) is 12.0. The first kappa shape index (κ1) is 27.7. The van der Waals surface area contributed by atoms with Gasteiger partial charge in [-0.3, -0.25) is 13.9 Å². The van der Waals surface area contributed by atoms with Gasteiger partial charge in [0.2, 0.25) is 5.91 Å². The third kappa shape index (κ3) is 10.6. The van der Waals surface area contributed by atoms with E-state index in [9.17, 15) is 24.2 Å². The zero-order valence-corrected chi connectivity index (χ0v) is 20.2. The van der Waals surface area contributed by atoms with Crippen LogP contribution < -0.4 is 11.1 Å². The van der Waals surface area contributed by atoms with E-state index in [1.807, 2.05) is 36.4 Å². The number of amides is 1. The van der Waals surface area contributed by atoms with Crippen molar-refractivity contribution < 1.29 is 28.7 Å². The molecule has 0 aromatic heterocycles. The van der Waals surface area contributed by atoms with E-state index in [0.29, 0.717) is 32.2 Å². The van der Waals surface area contributed by atoms with Gasteiger partial charge < -0.3 is 21.1 Å². The molecule has 186 valence electrons. The number of unbranched alkanes of at least 4 members (excludes halogenated alkanes) is 2. The Balaban J connectivity index is 1.95. The minimum atomic E-state index is -4.05. The number of carboxylic acids is 1. The number of carbonyl (C=O) groups is 2. The molecule has 1 amide bonds. The summed E-state index contributed by atoms with van der Waals surface area (Å²) < 4.78 is 18.1. The van der Waals surface area contributed by atoms with Gasteiger partial charge in [-0.05, 0) is 56.2 Å². The van der Waals surface area contributed by atoms with Crippen molar-refractivity contribution in [3.05, 3.63) is 71.8 Å². The molecule has 0 aliphatic carbocycles. The second-order valence-electron chi connectivity index (χ2n) is 8.27. The quantitative estimate of drug-likeness (QED) is 0.209. The first-order valence-electron chi connectivity index (χ1n) is 11.6. The van der Waals surface area contributed by atoms with Gasteiger partial charge >= 0.3 is 13.6 Å². The first-order valence-corrected chi connectivity index (χ1v) is 13.4. The van der Waals surface area contributed by atoms with Crippen LogP contribution in [0.4, 0.5) is 0 Å². The predicted octanol–water partition coefficient (Wildman–Crippen LogP) is 3.52. The number of rotatable bonds is 16. The molecule has 34 heavy (non-hydrogen) atoms. The zero-order valence-electron chi connectivity index (χ0n) is 19.3. The fraction of sp³-hybridized carbons (Fsp3) is 0.440. The molecule has 2 aromatic carbocycles. The lowest BCUT2D eigenvalue weighted by Crippen LogP contribution is -2.47. The van der Waals surface area contributed by atoms with Crippen LogP contribution in [0.2, 0.25) is 0 Å². The predicted molar refractivity (Wildman–Crippen MR) is 132 cm³/mol. The molecule has 0 heterocycles. The molecule has 0 fully saturated rings. The van der Waals surface area contributed by atoms with Gasteiger partial charge in [-0.1, -0.05) is 60.7 Å². The van der Waals surface area contributed by atoms with Gasteiger partial charge in [-0.2, -0.15) is 0 Å². The van der Waals surface area contributed by atoms with Crippen molar-refractivity contribution in [2.75, 3.05) is 12.7 Å². The monoisotopic (exact) mass is 490 g/mol. The van der Waals surface area contributed by atoms with Crippen LogP contribution in [-0.4, -0.2) is 46.7 Å². The maximum absolute atomic E-state index is 12.9. The molecule has 0 bridgehead atoms. The van der Waals surface area contributed by atoms with Crippen molar-refractivity contribution in [1.29, 1.82) is 0 Å². The van der Waals surface area contributed by atoms with Gasteiger partial charge in [0.25, 0.3) is 0 Å². The van der Waals surface area contributed by atoms with Gasteiger partial charge in [0, 0.05) is 6.42 Å². The highest BCUT2D eigenvalue weighted by Gasteiger charge is 2.31. The van der Waals surface area contributed by atoms with Crippen LogP contribution in [0.15, 0.2) is 60.7 Å². The van der Waals surface area contributed by atoms with E-state index in [2.05, 4.69) is 5.32 Å². The molecule has 2 rings (SSSR count). The van der Waals surface area contributed by atoms with Gasteiger partial charge in [-0.25, -0.2) is 4.79 Å². The third-order valence-corrected chi connectivity index (χ3v) is 6.87. The van der Waals surface area contributed by atoms with E-state index in [0.717, 1.165) is 17.5 Å². The molecule has 8 nitrogen and oxygen atoms in total. The SMILES string of the molecule is NCCCC[C@H](OP(=O)(O)CCCCc1ccccc1)C(=O)N[C@@H](Cc1ccccc1)C(=O)O. The molecule has 2 aromatic rings. The molecule has 0 saturated carbocycles. The molecule has 0 aliphatic heterocycles. The summed E-state index contributed by atoms with van der Waals surface area (Å²) in [5.74, 6) is -1.90. The molecule has 0 spiro atoms. The number of nitrogens with two attached hydrogens (primary N) is 1. The Morgan fingerprint density at radius 2 is 1.56 bits per heavy atom. The maximum atomic E-state index is 12.9. The van der Waals surface area contributed by atoms with Crippen molar-refractivity contribution in [2.24, 2.45) is 5.73 Å². The molecule has 3 atom stereocenters. The van der Waals surface area contributed by atoms with E-state index in [1.54, 1.807) is 24.3 Å². The molecule has 0 aliphatic rings. The Hall–Kier alpha value is -2.51. The van der Waals surface area contributed by atoms with Crippen molar-refractivity contribution in [1.82, 2.24) is 5.32 Å². The first-order chi connectivity index (χ1) is 16.3. The van der Waals surface area contributed by atoms with Gasteiger partial charge in [-0.15, -0.1) is 0 Å². The Morgan fingerprint density at radius 1 is 0.941 bits per heavy atom. The number of aryl methyl sites for hydroxylation is 1. The van der Waals surface area contributed by atoms with E-state index < -0.39 is 31.6 Å². The van der Waals surface area contributed by atoms with Crippen molar-refractivity contribution in [2.45, 2.75) is 57.1 Å². The molecule has 5 N–H and O–H groups in total. The highest BCUT2D eigenvalue weighted by molar-refractivity contribution is 7.52. The Kier molecular flexibility index (Phi) is 12.0. The second-order valence-corrected chi connectivity index (χ2v) is 10.2. The third-order valence-electron chi connectivity index (χ3n) is 5.40. The number of aliphatic carboxylic acids is 1. The second kappa shape index (κ2) is 14.7. The summed E-state index contributed by atoms with van der Waals surface area (Å²) >= 11 is 0. The lowest BCUT2D eigenvalue weighted by molar-refractivity contribution is -0.143. The summed E-state index contributed by atoms with van der Waals surface area (Å²) in [6.07, 6.45) is 2.04. The summed E-state index contributed by atoms with van der Waals surface area (Å²) in [5.41, 5.74) is 7.43. The largest absolute Gasteiger partial charge is 0.480 e. The molecular formula is C25H35N2O6P. The normalized spacial score (nSPS) is 14.6. The van der Waals surface area contributed by atoms with E-state index in [1.165, 1.54) is 0 Å². The molecule has 0 radical (unpaired) electrons. The smallest absolute Gasteiger partial charge is 0.328 e. The van der Waals surface area contributed by atoms with Crippen LogP contribution in [0.3, 0.4) is 0 Å². The van der Waals surface area contributed by atoms with Crippen molar-refractivity contribution in [3.8, 4) is 0 Å². The fourth-order valence-electron chi connectivity index (χ4n) is 3.56. The number of carbonyl (C=O) groups excluding carboxylic acids is 1. The van der Waals surface area contributed by atoms with E-state index >= 15 is 0 Å². The number of nitrogens with one attached hydrogen (secondary N) is 1. The van der Waals surface area contributed by atoms with Crippen molar-refractivity contribution in [3.63, 3.8) is 0 Å². The van der Waals surface area contributed by atoms with Crippen LogP contribution in [0.1, 0.15) is 43.2 Å². The van der Waals surface area contributed by atoms with E-state index in [4.69, 9.17) is 10.3 Å². The summed E-state index contributed by atoms with van der Waals surface area (Å²) in [6.45, 7) is 0.413. The summed E-state index contributed by atoms with van der Waals surface area (Å²) in [6, 6.07) is 17.6. The van der Waals surface area contributed by atoms with Crippen LogP contribution in [-0.2, 0) is 31.5 Å². The standard InChI is InChI=1S/C25H35N2O6P/c26-17-9-7-16-23(24(28)27-22(25(29)30)19-21-14-5-2-6-15-21)33-34(31,32)18-10-8-13-20-11-3-1-4-12-20/h1-6,11-12,14-15,22-23H,7-10,13,16-19,26H2,(H,27,28)(H,29,30)(H,31,32)/t22-,23-/m0/s1. The van der Waals surface area contributed by atoms with Crippen LogP contribution in [0.5, 0.6) is 0 Å². The lowest BCUT2D eigenvalue weighted by Gasteiger charge is -2.23. The number of hydrogen-bond acceptors (Lipinski definition) is 5. The molecule has 1 unspecified atom stereocenters. The topological polar surface area (TPSA) is 139 Å². The Labute approximate surface area is 201 Å². The minimum absolute atomic E-state index is 0.0765. The zero-order chi connectivity index (χ0) is 24.8. The Bertz CT molecular complexity index is 926. The number of carboxylic acid groups (broad SMARTS) is 1. The maximum Gasteiger partial charge on any atom is 0.328 e. The van der Waals surface area contributed by atoms with Crippen molar-refractivity contribution >= 4 is 19.5 Å². The van der Waals surface area contributed by atoms with Crippen LogP contribution in [0, 0.1) is 0 Å². The van der Waals surface area contributed by atoms with Crippen LogP contribution >= 0.6 is 7.60 Å². The molecular weight excluding hydrogens is 455 g/mol. The van der Waals surface area contributed by atoms with Crippen LogP contribution in [0.25, 0.3) is 0 Å². The minimum Gasteiger partial charge on any atom is -0.480 e. The highest BCUT2D eigenvalue weighted by atomic mass is 31.2. The van der Waals surface area contributed by atoms with E-state index in [-0.39, 0.29) is 19.0 Å².